The van der Waals surface area contributed by atoms with Crippen molar-refractivity contribution >= 4 is 23.5 Å². The summed E-state index contributed by atoms with van der Waals surface area (Å²) in [4.78, 5) is 0. The number of hydrogen-bond acceptors (Lipinski definition) is 4. The van der Waals surface area contributed by atoms with Crippen molar-refractivity contribution in [2.45, 2.75) is 49.4 Å². The first kappa shape index (κ1) is 14.7. The van der Waals surface area contributed by atoms with Crippen molar-refractivity contribution in [3.8, 4) is 0 Å². The smallest absolute Gasteiger partial charge is 0.169 e. The molecule has 16 heavy (non-hydrogen) atoms. The second kappa shape index (κ2) is 7.85. The van der Waals surface area contributed by atoms with Crippen LogP contribution in [0.4, 0.5) is 0 Å². The molecule has 2 nitrogen and oxygen atoms in total. The Labute approximate surface area is 108 Å². The zero-order valence-electron chi connectivity index (χ0n) is 10.7. The van der Waals surface area contributed by atoms with Gasteiger partial charge in [0, 0.05) is 27.1 Å². The molecule has 1 aliphatic heterocycles. The molecule has 0 saturated carbocycles. The molecule has 4 heteroatoms. The average molecular weight is 264 g/mol. The van der Waals surface area contributed by atoms with Crippen LogP contribution in [0.1, 0.15) is 39.0 Å². The topological polar surface area (TPSA) is 18.5 Å². The van der Waals surface area contributed by atoms with Crippen LogP contribution in [0.15, 0.2) is 0 Å². The standard InChI is InChI=1S/C12H24O2S2/c1-4-5-7-12(13-2,14-3)10-11-15-8-6-9-16-11/h11H,4-10H2,1-3H3. The minimum Gasteiger partial charge on any atom is -0.353 e. The van der Waals surface area contributed by atoms with E-state index in [4.69, 9.17) is 9.47 Å². The number of ether oxygens (including phenoxy) is 2. The molecule has 0 unspecified atom stereocenters. The van der Waals surface area contributed by atoms with Crippen molar-refractivity contribution < 1.29 is 9.47 Å². The van der Waals surface area contributed by atoms with E-state index in [-0.39, 0.29) is 5.79 Å². The van der Waals surface area contributed by atoms with Gasteiger partial charge in [-0.05, 0) is 24.3 Å². The van der Waals surface area contributed by atoms with E-state index >= 15 is 0 Å². The Morgan fingerprint density at radius 1 is 1.19 bits per heavy atom. The summed E-state index contributed by atoms with van der Waals surface area (Å²) in [6, 6.07) is 0. The Kier molecular flexibility index (Phi) is 7.20. The molecule has 1 saturated heterocycles. The van der Waals surface area contributed by atoms with E-state index in [0.29, 0.717) is 4.58 Å². The van der Waals surface area contributed by atoms with Gasteiger partial charge in [-0.15, -0.1) is 23.5 Å². The molecule has 0 atom stereocenters. The quantitative estimate of drug-likeness (QED) is 0.652. The number of rotatable bonds is 7. The number of methoxy groups -OCH3 is 2. The highest BCUT2D eigenvalue weighted by molar-refractivity contribution is 8.17. The van der Waals surface area contributed by atoms with E-state index in [1.165, 1.54) is 30.8 Å². The van der Waals surface area contributed by atoms with Crippen molar-refractivity contribution in [2.75, 3.05) is 25.7 Å². The van der Waals surface area contributed by atoms with E-state index in [1.54, 1.807) is 14.2 Å². The fraction of sp³-hybridized carbons (Fsp3) is 1.00. The van der Waals surface area contributed by atoms with Crippen molar-refractivity contribution in [3.05, 3.63) is 0 Å². The third-order valence-corrected chi connectivity index (χ3v) is 5.97. The summed E-state index contributed by atoms with van der Waals surface area (Å²) >= 11 is 4.11. The molecular weight excluding hydrogens is 240 g/mol. The monoisotopic (exact) mass is 264 g/mol. The van der Waals surface area contributed by atoms with Crippen LogP contribution in [-0.2, 0) is 9.47 Å². The van der Waals surface area contributed by atoms with Crippen LogP contribution in [0.5, 0.6) is 0 Å². The lowest BCUT2D eigenvalue weighted by Crippen LogP contribution is -2.37. The molecule has 0 aromatic carbocycles. The van der Waals surface area contributed by atoms with Gasteiger partial charge in [-0.1, -0.05) is 13.3 Å². The van der Waals surface area contributed by atoms with Gasteiger partial charge in [0.05, 0.1) is 4.58 Å². The molecule has 96 valence electrons. The summed E-state index contributed by atoms with van der Waals surface area (Å²) in [6.07, 6.45) is 5.72. The molecule has 0 aromatic heterocycles. The Hall–Kier alpha value is 0.620. The summed E-state index contributed by atoms with van der Waals surface area (Å²) in [7, 11) is 3.55. The zero-order valence-corrected chi connectivity index (χ0v) is 12.3. The van der Waals surface area contributed by atoms with Crippen LogP contribution >= 0.6 is 23.5 Å². The average Bonchev–Trinajstić information content (AvgIpc) is 2.36. The minimum absolute atomic E-state index is 0.349. The Morgan fingerprint density at radius 3 is 2.31 bits per heavy atom. The zero-order chi connectivity index (χ0) is 11.9. The minimum atomic E-state index is -0.349. The number of thioether (sulfide) groups is 2. The van der Waals surface area contributed by atoms with Crippen LogP contribution in [0, 0.1) is 0 Å². The van der Waals surface area contributed by atoms with Crippen molar-refractivity contribution in [2.24, 2.45) is 0 Å². The molecule has 1 heterocycles. The number of hydrogen-bond donors (Lipinski definition) is 0. The van der Waals surface area contributed by atoms with Gasteiger partial charge in [-0.2, -0.15) is 0 Å². The third kappa shape index (κ3) is 4.47. The van der Waals surface area contributed by atoms with Gasteiger partial charge in [0.2, 0.25) is 0 Å². The highest BCUT2D eigenvalue weighted by Crippen LogP contribution is 2.38. The van der Waals surface area contributed by atoms with E-state index in [9.17, 15) is 0 Å². The van der Waals surface area contributed by atoms with Gasteiger partial charge >= 0.3 is 0 Å². The first-order chi connectivity index (χ1) is 7.76. The third-order valence-electron chi connectivity index (χ3n) is 3.03. The molecule has 1 rings (SSSR count). The molecule has 0 amide bonds. The first-order valence-corrected chi connectivity index (χ1v) is 8.19. The number of unbranched alkanes of at least 4 members (excludes halogenated alkanes) is 1. The summed E-state index contributed by atoms with van der Waals surface area (Å²) in [5, 5.41) is 0. The molecule has 1 fully saturated rings. The van der Waals surface area contributed by atoms with E-state index in [0.717, 1.165) is 12.8 Å². The van der Waals surface area contributed by atoms with Crippen LogP contribution in [-0.4, -0.2) is 36.1 Å². The molecule has 0 aromatic rings. The SMILES string of the molecule is CCCCC(CC1SCCCS1)(OC)OC. The van der Waals surface area contributed by atoms with Crippen molar-refractivity contribution in [1.29, 1.82) is 0 Å². The summed E-state index contributed by atoms with van der Waals surface area (Å²) < 4.78 is 11.9. The highest BCUT2D eigenvalue weighted by Gasteiger charge is 2.33. The summed E-state index contributed by atoms with van der Waals surface area (Å²) in [5.41, 5.74) is 0. The molecule has 0 radical (unpaired) electrons. The maximum Gasteiger partial charge on any atom is 0.169 e. The Morgan fingerprint density at radius 2 is 1.81 bits per heavy atom. The van der Waals surface area contributed by atoms with Crippen LogP contribution in [0.3, 0.4) is 0 Å². The van der Waals surface area contributed by atoms with Crippen molar-refractivity contribution in [3.63, 3.8) is 0 Å². The maximum absolute atomic E-state index is 5.64. The van der Waals surface area contributed by atoms with Gasteiger partial charge in [-0.3, -0.25) is 0 Å². The van der Waals surface area contributed by atoms with E-state index in [2.05, 4.69) is 30.4 Å². The second-order valence-electron chi connectivity index (χ2n) is 4.15. The van der Waals surface area contributed by atoms with Gasteiger partial charge in [0.25, 0.3) is 0 Å². The lowest BCUT2D eigenvalue weighted by atomic mass is 10.1. The van der Waals surface area contributed by atoms with Gasteiger partial charge in [-0.25, -0.2) is 0 Å². The van der Waals surface area contributed by atoms with Crippen LogP contribution < -0.4 is 0 Å². The first-order valence-electron chi connectivity index (χ1n) is 6.10. The van der Waals surface area contributed by atoms with Gasteiger partial charge in [0.15, 0.2) is 5.79 Å². The largest absolute Gasteiger partial charge is 0.353 e. The van der Waals surface area contributed by atoms with Crippen LogP contribution in [0.2, 0.25) is 0 Å². The molecule has 1 aliphatic rings. The van der Waals surface area contributed by atoms with Crippen molar-refractivity contribution in [1.82, 2.24) is 0 Å². The lowest BCUT2D eigenvalue weighted by molar-refractivity contribution is -0.213. The molecule has 0 spiro atoms. The maximum atomic E-state index is 5.64. The van der Waals surface area contributed by atoms with Gasteiger partial charge < -0.3 is 9.47 Å². The fourth-order valence-corrected chi connectivity index (χ4v) is 4.95. The second-order valence-corrected chi connectivity index (χ2v) is 7.07. The molecular formula is C12H24O2S2. The predicted molar refractivity (Wildman–Crippen MR) is 74.2 cm³/mol. The van der Waals surface area contributed by atoms with E-state index < -0.39 is 0 Å². The van der Waals surface area contributed by atoms with E-state index in [1.807, 2.05) is 0 Å². The molecule has 0 N–H and O–H groups in total. The van der Waals surface area contributed by atoms with Crippen LogP contribution in [0.25, 0.3) is 0 Å². The lowest BCUT2D eigenvalue weighted by Gasteiger charge is -2.35. The van der Waals surface area contributed by atoms with Gasteiger partial charge in [0.1, 0.15) is 0 Å². The predicted octanol–water partition coefficient (Wildman–Crippen LogP) is 3.75. The molecule has 0 bridgehead atoms. The normalized spacial score (nSPS) is 18.9. The Bertz CT molecular complexity index is 178. The fourth-order valence-electron chi connectivity index (χ4n) is 1.91. The summed E-state index contributed by atoms with van der Waals surface area (Å²) in [5.74, 6) is 2.22. The summed E-state index contributed by atoms with van der Waals surface area (Å²) in [6.45, 7) is 2.21. The molecule has 0 aliphatic carbocycles. The Balaban J connectivity index is 2.46. The highest BCUT2D eigenvalue weighted by atomic mass is 32.2.